The highest BCUT2D eigenvalue weighted by molar-refractivity contribution is 6.30. The number of nitrogens with one attached hydrogen (secondary N) is 3. The Morgan fingerprint density at radius 3 is 2.67 bits per heavy atom. The summed E-state index contributed by atoms with van der Waals surface area (Å²) in [6.45, 7) is 3.76. The van der Waals surface area contributed by atoms with Gasteiger partial charge in [0.05, 0.1) is 34.3 Å². The predicted molar refractivity (Wildman–Crippen MR) is 138 cm³/mol. The number of aromatic nitrogens is 2. The van der Waals surface area contributed by atoms with E-state index in [4.69, 9.17) is 4.74 Å². The molecule has 0 bridgehead atoms. The number of carbonyl (C=O) groups excluding carboxylic acids is 2. The SMILES string of the molecule is CC(=O)N[C@H]1C[C@H](n2c3ccccc3c3c4c(c5c6ccccc6[nH]c5c32)CNC4=O)O[C@@H](C)[C@@H]1O. The van der Waals surface area contributed by atoms with Gasteiger partial charge < -0.3 is 30.0 Å². The summed E-state index contributed by atoms with van der Waals surface area (Å²) in [5.41, 5.74) is 5.51. The summed E-state index contributed by atoms with van der Waals surface area (Å²) in [4.78, 5) is 28.8. The Morgan fingerprint density at radius 1 is 1.11 bits per heavy atom. The molecule has 1 saturated heterocycles. The summed E-state index contributed by atoms with van der Waals surface area (Å²) in [6, 6.07) is 15.7. The molecule has 182 valence electrons. The van der Waals surface area contributed by atoms with Crippen molar-refractivity contribution in [2.45, 2.75) is 51.3 Å². The number of aliphatic hydroxyl groups is 1. The van der Waals surface area contributed by atoms with Gasteiger partial charge in [-0.2, -0.15) is 0 Å². The van der Waals surface area contributed by atoms with Crippen LogP contribution in [0.3, 0.4) is 0 Å². The summed E-state index contributed by atoms with van der Waals surface area (Å²) < 4.78 is 8.53. The van der Waals surface area contributed by atoms with Gasteiger partial charge in [0.2, 0.25) is 5.91 Å². The second-order valence-corrected chi connectivity index (χ2v) is 9.90. The van der Waals surface area contributed by atoms with E-state index in [9.17, 15) is 14.7 Å². The zero-order valence-corrected chi connectivity index (χ0v) is 20.0. The van der Waals surface area contributed by atoms with Gasteiger partial charge in [0.25, 0.3) is 5.91 Å². The third-order valence-corrected chi connectivity index (χ3v) is 7.76. The zero-order valence-electron chi connectivity index (χ0n) is 20.0. The molecule has 0 saturated carbocycles. The first-order chi connectivity index (χ1) is 17.4. The first-order valence-electron chi connectivity index (χ1n) is 12.3. The van der Waals surface area contributed by atoms with E-state index in [1.54, 1.807) is 0 Å². The van der Waals surface area contributed by atoms with E-state index in [0.29, 0.717) is 18.5 Å². The number of aromatic amines is 1. The van der Waals surface area contributed by atoms with E-state index in [-0.39, 0.29) is 11.8 Å². The lowest BCUT2D eigenvalue weighted by Crippen LogP contribution is -2.53. The van der Waals surface area contributed by atoms with Crippen LogP contribution in [-0.2, 0) is 16.1 Å². The van der Waals surface area contributed by atoms with Gasteiger partial charge >= 0.3 is 0 Å². The summed E-state index contributed by atoms with van der Waals surface area (Å²) in [6.07, 6.45) is -1.38. The Labute approximate surface area is 206 Å². The minimum absolute atomic E-state index is 0.0745. The number of rotatable bonds is 2. The number of nitrogens with zero attached hydrogens (tertiary/aromatic N) is 1. The van der Waals surface area contributed by atoms with Crippen LogP contribution in [0.5, 0.6) is 0 Å². The molecule has 4 heterocycles. The molecule has 2 aliphatic rings. The molecule has 2 amide bonds. The predicted octanol–water partition coefficient (Wildman–Crippen LogP) is 3.85. The van der Waals surface area contributed by atoms with Crippen molar-refractivity contribution in [2.75, 3.05) is 0 Å². The Morgan fingerprint density at radius 2 is 1.86 bits per heavy atom. The van der Waals surface area contributed by atoms with Crippen LogP contribution >= 0.6 is 0 Å². The Balaban J connectivity index is 1.61. The normalized spacial score (nSPS) is 24.0. The number of amides is 2. The fourth-order valence-electron chi connectivity index (χ4n) is 6.29. The number of ether oxygens (including phenoxy) is 1. The molecule has 36 heavy (non-hydrogen) atoms. The average molecular weight is 483 g/mol. The minimum Gasteiger partial charge on any atom is -0.388 e. The molecule has 2 aliphatic heterocycles. The van der Waals surface area contributed by atoms with Crippen molar-refractivity contribution >= 4 is 55.4 Å². The smallest absolute Gasteiger partial charge is 0.252 e. The summed E-state index contributed by atoms with van der Waals surface area (Å²) in [7, 11) is 0. The molecule has 4 N–H and O–H groups in total. The van der Waals surface area contributed by atoms with Gasteiger partial charge in [-0.1, -0.05) is 36.4 Å². The van der Waals surface area contributed by atoms with Crippen molar-refractivity contribution in [3.63, 3.8) is 0 Å². The fraction of sp³-hybridized carbons (Fsp3) is 0.286. The molecule has 2 aromatic heterocycles. The van der Waals surface area contributed by atoms with Crippen molar-refractivity contribution in [3.8, 4) is 0 Å². The topological polar surface area (TPSA) is 108 Å². The molecule has 4 atom stereocenters. The first kappa shape index (κ1) is 21.4. The quantitative estimate of drug-likeness (QED) is 0.307. The van der Waals surface area contributed by atoms with Crippen LogP contribution in [0.2, 0.25) is 0 Å². The number of hydrogen-bond acceptors (Lipinski definition) is 4. The van der Waals surface area contributed by atoms with E-state index < -0.39 is 24.5 Å². The number of aliphatic hydroxyl groups excluding tert-OH is 1. The number of H-pyrrole nitrogens is 1. The molecule has 0 spiro atoms. The molecule has 1 fully saturated rings. The molecule has 8 nitrogen and oxygen atoms in total. The molecule has 0 unspecified atom stereocenters. The highest BCUT2D eigenvalue weighted by atomic mass is 16.5. The number of benzene rings is 3. The number of hydrogen-bond donors (Lipinski definition) is 4. The van der Waals surface area contributed by atoms with Gasteiger partial charge in [0.15, 0.2) is 0 Å². The van der Waals surface area contributed by atoms with Crippen molar-refractivity contribution in [1.29, 1.82) is 0 Å². The van der Waals surface area contributed by atoms with Crippen LogP contribution in [0.25, 0.3) is 43.6 Å². The molecule has 3 aromatic carbocycles. The molecule has 0 radical (unpaired) electrons. The second kappa shape index (κ2) is 7.56. The zero-order chi connectivity index (χ0) is 24.7. The Bertz CT molecular complexity index is 1730. The summed E-state index contributed by atoms with van der Waals surface area (Å²) in [5.74, 6) is -0.267. The Hall–Kier alpha value is -3.88. The van der Waals surface area contributed by atoms with E-state index in [1.807, 2.05) is 49.4 Å². The monoisotopic (exact) mass is 482 g/mol. The maximum Gasteiger partial charge on any atom is 0.252 e. The standard InChI is InChI=1S/C28H26N4O4/c1-13-27(34)19(30-14(2)33)11-21(36-13)32-20-10-6-4-8-16(20)23-24-17(12-29-28(24)35)22-15-7-3-5-9-18(15)31-25(22)26(23)32/h3-10,13,19,21,27,31,34H,11-12H2,1-2H3,(H,29,35)(H,30,33)/t13-,19-,21+,27-/m0/s1. The van der Waals surface area contributed by atoms with Crippen LogP contribution in [0.1, 0.15) is 42.4 Å². The molecule has 0 aliphatic carbocycles. The second-order valence-electron chi connectivity index (χ2n) is 9.90. The molecular formula is C28H26N4O4. The number of carbonyl (C=O) groups is 2. The van der Waals surface area contributed by atoms with Gasteiger partial charge in [-0.05, 0) is 24.6 Å². The molecular weight excluding hydrogens is 456 g/mol. The third-order valence-electron chi connectivity index (χ3n) is 7.76. The van der Waals surface area contributed by atoms with Crippen molar-refractivity contribution in [2.24, 2.45) is 0 Å². The maximum absolute atomic E-state index is 13.2. The van der Waals surface area contributed by atoms with Gasteiger partial charge in [-0.25, -0.2) is 0 Å². The van der Waals surface area contributed by atoms with Crippen molar-refractivity contribution < 1.29 is 19.4 Å². The van der Waals surface area contributed by atoms with E-state index >= 15 is 0 Å². The van der Waals surface area contributed by atoms with Crippen molar-refractivity contribution in [3.05, 3.63) is 59.7 Å². The Kier molecular flexibility index (Phi) is 4.49. The third kappa shape index (κ3) is 2.82. The fourth-order valence-corrected chi connectivity index (χ4v) is 6.29. The highest BCUT2D eigenvalue weighted by Gasteiger charge is 2.39. The van der Waals surface area contributed by atoms with Gasteiger partial charge in [-0.3, -0.25) is 9.59 Å². The highest BCUT2D eigenvalue weighted by Crippen LogP contribution is 2.45. The van der Waals surface area contributed by atoms with Gasteiger partial charge in [-0.15, -0.1) is 0 Å². The van der Waals surface area contributed by atoms with E-state index in [2.05, 4.69) is 26.3 Å². The lowest BCUT2D eigenvalue weighted by atomic mass is 9.96. The number of para-hydroxylation sites is 2. The lowest BCUT2D eigenvalue weighted by molar-refractivity contribution is -0.152. The summed E-state index contributed by atoms with van der Waals surface area (Å²) >= 11 is 0. The van der Waals surface area contributed by atoms with Crippen molar-refractivity contribution in [1.82, 2.24) is 20.2 Å². The average Bonchev–Trinajstić information content (AvgIpc) is 3.53. The minimum atomic E-state index is -0.818. The van der Waals surface area contributed by atoms with E-state index in [1.165, 1.54) is 6.92 Å². The van der Waals surface area contributed by atoms with Crippen LogP contribution < -0.4 is 10.6 Å². The van der Waals surface area contributed by atoms with Crippen LogP contribution in [-0.4, -0.2) is 44.7 Å². The van der Waals surface area contributed by atoms with Gasteiger partial charge in [0.1, 0.15) is 12.3 Å². The largest absolute Gasteiger partial charge is 0.388 e. The maximum atomic E-state index is 13.2. The van der Waals surface area contributed by atoms with Crippen LogP contribution in [0.4, 0.5) is 0 Å². The van der Waals surface area contributed by atoms with Gasteiger partial charge in [0, 0.05) is 47.0 Å². The van der Waals surface area contributed by atoms with Crippen LogP contribution in [0, 0.1) is 0 Å². The molecule has 5 aromatic rings. The number of fused-ring (bicyclic) bond motifs is 10. The van der Waals surface area contributed by atoms with Crippen LogP contribution in [0.15, 0.2) is 48.5 Å². The molecule has 8 heteroatoms. The molecule has 7 rings (SSSR count). The first-order valence-corrected chi connectivity index (χ1v) is 12.3. The summed E-state index contributed by atoms with van der Waals surface area (Å²) in [5, 5.41) is 20.7. The lowest BCUT2D eigenvalue weighted by Gasteiger charge is -2.39. The van der Waals surface area contributed by atoms with E-state index in [0.717, 1.165) is 49.2 Å².